The second kappa shape index (κ2) is 5.68. The number of hydrogen-bond acceptors (Lipinski definition) is 2. The first-order valence-corrected chi connectivity index (χ1v) is 7.46. The highest BCUT2D eigenvalue weighted by Crippen LogP contribution is 2.17. The molecule has 0 unspecified atom stereocenters. The minimum atomic E-state index is -3.32. The van der Waals surface area contributed by atoms with Crippen molar-refractivity contribution in [1.29, 1.82) is 0 Å². The van der Waals surface area contributed by atoms with Gasteiger partial charge in [-0.3, -0.25) is 0 Å². The molecule has 0 aliphatic rings. The zero-order valence-corrected chi connectivity index (χ0v) is 11.1. The highest BCUT2D eigenvalue weighted by Gasteiger charge is 2.15. The van der Waals surface area contributed by atoms with Gasteiger partial charge in [-0.15, -0.1) is 0 Å². The Kier molecular flexibility index (Phi) is 3.98. The van der Waals surface area contributed by atoms with E-state index in [1.54, 1.807) is 36.4 Å². The number of sulfone groups is 1. The summed E-state index contributed by atoms with van der Waals surface area (Å²) in [5, 5.41) is 0. The summed E-state index contributed by atoms with van der Waals surface area (Å²) in [4.78, 5) is 3.56. The highest BCUT2D eigenvalue weighted by molar-refractivity contribution is 7.90. The molecule has 0 N–H and O–H groups in total. The summed E-state index contributed by atoms with van der Waals surface area (Å²) < 4.78 is 24.4. The van der Waals surface area contributed by atoms with Crippen LogP contribution in [0.4, 0.5) is 0 Å². The number of rotatable bonds is 4. The molecular formula is C15H13NO2S. The van der Waals surface area contributed by atoms with Crippen molar-refractivity contribution in [2.24, 2.45) is 0 Å². The summed E-state index contributed by atoms with van der Waals surface area (Å²) in [6.07, 6.45) is 0. The molecule has 96 valence electrons. The van der Waals surface area contributed by atoms with Crippen molar-refractivity contribution in [2.45, 2.75) is 17.2 Å². The van der Waals surface area contributed by atoms with E-state index in [0.29, 0.717) is 4.90 Å². The quantitative estimate of drug-likeness (QED) is 0.802. The second-order valence-electron chi connectivity index (χ2n) is 4.20. The van der Waals surface area contributed by atoms with E-state index in [4.69, 9.17) is 6.57 Å². The average Bonchev–Trinajstić information content (AvgIpc) is 2.40. The Morgan fingerprint density at radius 1 is 0.895 bits per heavy atom. The maximum Gasteiger partial charge on any atom is 0.239 e. The van der Waals surface area contributed by atoms with Crippen molar-refractivity contribution in [3.8, 4) is 0 Å². The van der Waals surface area contributed by atoms with Crippen LogP contribution in [0.2, 0.25) is 0 Å². The first-order valence-electron chi connectivity index (χ1n) is 5.81. The Morgan fingerprint density at radius 3 is 2.11 bits per heavy atom. The maximum atomic E-state index is 12.2. The third-order valence-corrected chi connectivity index (χ3v) is 4.45. The van der Waals surface area contributed by atoms with Crippen LogP contribution >= 0.6 is 0 Å². The van der Waals surface area contributed by atoms with Crippen LogP contribution < -0.4 is 0 Å². The van der Waals surface area contributed by atoms with Crippen LogP contribution in [0.3, 0.4) is 0 Å². The molecule has 19 heavy (non-hydrogen) atoms. The van der Waals surface area contributed by atoms with Crippen molar-refractivity contribution in [1.82, 2.24) is 0 Å². The van der Waals surface area contributed by atoms with Gasteiger partial charge in [0.2, 0.25) is 6.54 Å². The topological polar surface area (TPSA) is 38.5 Å². The molecule has 0 aliphatic heterocycles. The second-order valence-corrected chi connectivity index (χ2v) is 6.19. The van der Waals surface area contributed by atoms with E-state index in [9.17, 15) is 8.42 Å². The minimum Gasteiger partial charge on any atom is -0.312 e. The van der Waals surface area contributed by atoms with E-state index < -0.39 is 9.84 Å². The summed E-state index contributed by atoms with van der Waals surface area (Å²) >= 11 is 0. The van der Waals surface area contributed by atoms with Gasteiger partial charge < -0.3 is 4.85 Å². The van der Waals surface area contributed by atoms with Crippen molar-refractivity contribution in [3.63, 3.8) is 0 Å². The van der Waals surface area contributed by atoms with Gasteiger partial charge in [-0.2, -0.15) is 0 Å². The molecule has 0 amide bonds. The average molecular weight is 271 g/mol. The molecule has 0 fully saturated rings. The largest absolute Gasteiger partial charge is 0.312 e. The monoisotopic (exact) mass is 271 g/mol. The Morgan fingerprint density at radius 2 is 1.53 bits per heavy atom. The van der Waals surface area contributed by atoms with E-state index >= 15 is 0 Å². The lowest BCUT2D eigenvalue weighted by atomic mass is 10.2. The van der Waals surface area contributed by atoms with Crippen LogP contribution in [0.25, 0.3) is 4.85 Å². The molecule has 2 rings (SSSR count). The third kappa shape index (κ3) is 3.43. The summed E-state index contributed by atoms with van der Waals surface area (Å²) in [7, 11) is -3.32. The van der Waals surface area contributed by atoms with Crippen molar-refractivity contribution in [3.05, 3.63) is 77.1 Å². The van der Waals surface area contributed by atoms with Gasteiger partial charge in [0.1, 0.15) is 0 Å². The van der Waals surface area contributed by atoms with Gasteiger partial charge in [0.15, 0.2) is 9.84 Å². The molecule has 2 aromatic rings. The molecule has 4 heteroatoms. The molecular weight excluding hydrogens is 258 g/mol. The maximum absolute atomic E-state index is 12.2. The summed E-state index contributed by atoms with van der Waals surface area (Å²) in [6, 6.07) is 15.6. The predicted molar refractivity (Wildman–Crippen MR) is 74.1 cm³/mol. The van der Waals surface area contributed by atoms with E-state index in [1.807, 2.05) is 18.2 Å². The van der Waals surface area contributed by atoms with Gasteiger partial charge in [-0.25, -0.2) is 15.0 Å². The van der Waals surface area contributed by atoms with Crippen LogP contribution in [0.15, 0.2) is 59.5 Å². The molecule has 0 atom stereocenters. The number of hydrogen-bond donors (Lipinski definition) is 0. The van der Waals surface area contributed by atoms with Gasteiger partial charge in [-0.05, 0) is 17.7 Å². The van der Waals surface area contributed by atoms with Crippen molar-refractivity contribution >= 4 is 9.84 Å². The smallest absolute Gasteiger partial charge is 0.239 e. The van der Waals surface area contributed by atoms with Gasteiger partial charge in [0, 0.05) is 5.56 Å². The van der Waals surface area contributed by atoms with E-state index in [0.717, 1.165) is 11.1 Å². The summed E-state index contributed by atoms with van der Waals surface area (Å²) in [5.74, 6) is -0.00396. The summed E-state index contributed by atoms with van der Waals surface area (Å²) in [6.45, 7) is 7.05. The standard InChI is InChI=1S/C15H13NO2S/c1-16-11-13-7-9-15(10-8-13)19(17,18)12-14-5-3-2-4-6-14/h2-10H,11-12H2. The SMILES string of the molecule is [C-]#[N+]Cc1ccc(S(=O)(=O)Cc2ccccc2)cc1. The molecule has 0 radical (unpaired) electrons. The van der Waals surface area contributed by atoms with Gasteiger partial charge >= 0.3 is 0 Å². The molecule has 2 aromatic carbocycles. The van der Waals surface area contributed by atoms with E-state index in [-0.39, 0.29) is 12.3 Å². The molecule has 0 spiro atoms. The summed E-state index contributed by atoms with van der Waals surface area (Å²) in [5.41, 5.74) is 1.60. The molecule has 0 heterocycles. The van der Waals surface area contributed by atoms with Crippen LogP contribution in [-0.2, 0) is 22.1 Å². The van der Waals surface area contributed by atoms with Crippen molar-refractivity contribution < 1.29 is 8.42 Å². The molecule has 3 nitrogen and oxygen atoms in total. The van der Waals surface area contributed by atoms with Crippen molar-refractivity contribution in [2.75, 3.05) is 0 Å². The lowest BCUT2D eigenvalue weighted by Crippen LogP contribution is -2.04. The minimum absolute atomic E-state index is 0.00396. The number of nitrogens with zero attached hydrogens (tertiary/aromatic N) is 1. The van der Waals surface area contributed by atoms with Crippen LogP contribution in [0, 0.1) is 6.57 Å². The van der Waals surface area contributed by atoms with E-state index in [1.165, 1.54) is 0 Å². The fourth-order valence-corrected chi connectivity index (χ4v) is 3.12. The molecule has 0 saturated heterocycles. The van der Waals surface area contributed by atoms with Crippen LogP contribution in [-0.4, -0.2) is 8.42 Å². The predicted octanol–water partition coefficient (Wildman–Crippen LogP) is 3.08. The molecule has 0 saturated carbocycles. The zero-order valence-electron chi connectivity index (χ0n) is 10.3. The highest BCUT2D eigenvalue weighted by atomic mass is 32.2. The van der Waals surface area contributed by atoms with Crippen LogP contribution in [0.1, 0.15) is 11.1 Å². The fourth-order valence-electron chi connectivity index (χ4n) is 1.77. The Labute approximate surface area is 113 Å². The number of benzene rings is 2. The van der Waals surface area contributed by atoms with Gasteiger partial charge in [-0.1, -0.05) is 42.5 Å². The first kappa shape index (κ1) is 13.3. The third-order valence-electron chi connectivity index (χ3n) is 2.74. The van der Waals surface area contributed by atoms with Gasteiger partial charge in [0.25, 0.3) is 0 Å². The normalized spacial score (nSPS) is 10.9. The molecule has 0 aromatic heterocycles. The van der Waals surface area contributed by atoms with Gasteiger partial charge in [0.05, 0.1) is 10.6 Å². The first-order chi connectivity index (χ1) is 9.12. The van der Waals surface area contributed by atoms with Crippen LogP contribution in [0.5, 0.6) is 0 Å². The Bertz CT molecular complexity index is 683. The zero-order chi connectivity index (χ0) is 13.7. The lowest BCUT2D eigenvalue weighted by molar-refractivity contribution is 0.595. The van der Waals surface area contributed by atoms with E-state index in [2.05, 4.69) is 4.85 Å². The fraction of sp³-hybridized carbons (Fsp3) is 0.133. The Hall–Kier alpha value is -2.12. The molecule has 0 bridgehead atoms. The molecule has 0 aliphatic carbocycles. The lowest BCUT2D eigenvalue weighted by Gasteiger charge is -2.05. The Balaban J connectivity index is 2.23.